The van der Waals surface area contributed by atoms with E-state index in [1.54, 1.807) is 24.0 Å². The van der Waals surface area contributed by atoms with Gasteiger partial charge in [0, 0.05) is 31.4 Å². The van der Waals surface area contributed by atoms with Crippen LogP contribution in [0.2, 0.25) is 0 Å². The maximum Gasteiger partial charge on any atom is 0.267 e. The molecule has 1 aromatic heterocycles. The number of carbonyl (C=O) groups is 2. The van der Waals surface area contributed by atoms with E-state index in [4.69, 9.17) is 10.5 Å². The SMILES string of the molecule is CC(=O)N1CCc2cc(Oc3ccnc(C(N)=O)c3)ccc21. The van der Waals surface area contributed by atoms with Crippen LogP contribution in [0, 0.1) is 0 Å². The number of benzene rings is 1. The van der Waals surface area contributed by atoms with Gasteiger partial charge in [-0.1, -0.05) is 0 Å². The van der Waals surface area contributed by atoms with Crippen LogP contribution in [0.4, 0.5) is 5.69 Å². The van der Waals surface area contributed by atoms with Gasteiger partial charge in [0.05, 0.1) is 0 Å². The number of amides is 2. The lowest BCUT2D eigenvalue weighted by Gasteiger charge is -2.15. The molecule has 0 saturated heterocycles. The first-order valence-corrected chi connectivity index (χ1v) is 6.89. The van der Waals surface area contributed by atoms with Crippen molar-refractivity contribution < 1.29 is 14.3 Å². The summed E-state index contributed by atoms with van der Waals surface area (Å²) in [5.74, 6) is 0.570. The van der Waals surface area contributed by atoms with Gasteiger partial charge >= 0.3 is 0 Å². The normalized spacial score (nSPS) is 12.9. The number of ether oxygens (including phenoxy) is 1. The largest absolute Gasteiger partial charge is 0.457 e. The molecule has 0 atom stereocenters. The van der Waals surface area contributed by atoms with Crippen LogP contribution in [0.15, 0.2) is 36.5 Å². The molecule has 6 heteroatoms. The van der Waals surface area contributed by atoms with E-state index in [-0.39, 0.29) is 11.6 Å². The Morgan fingerprint density at radius 1 is 1.23 bits per heavy atom. The van der Waals surface area contributed by atoms with Gasteiger partial charge in [0.1, 0.15) is 17.2 Å². The molecule has 1 aliphatic rings. The molecule has 0 bridgehead atoms. The van der Waals surface area contributed by atoms with Crippen molar-refractivity contribution in [3.05, 3.63) is 47.8 Å². The highest BCUT2D eigenvalue weighted by molar-refractivity contribution is 5.94. The number of nitrogens with zero attached hydrogens (tertiary/aromatic N) is 2. The molecule has 0 aliphatic carbocycles. The van der Waals surface area contributed by atoms with E-state index >= 15 is 0 Å². The Labute approximate surface area is 127 Å². The first-order chi connectivity index (χ1) is 10.5. The zero-order chi connectivity index (χ0) is 15.7. The molecule has 1 aromatic carbocycles. The fourth-order valence-corrected chi connectivity index (χ4v) is 2.51. The number of carbonyl (C=O) groups excluding carboxylic acids is 2. The maximum absolute atomic E-state index is 11.5. The second-order valence-corrected chi connectivity index (χ2v) is 5.05. The molecule has 0 radical (unpaired) electrons. The second-order valence-electron chi connectivity index (χ2n) is 5.05. The van der Waals surface area contributed by atoms with Crippen molar-refractivity contribution in [1.29, 1.82) is 0 Å². The molecular weight excluding hydrogens is 282 g/mol. The Bertz CT molecular complexity index is 758. The van der Waals surface area contributed by atoms with Crippen LogP contribution in [-0.4, -0.2) is 23.3 Å². The zero-order valence-corrected chi connectivity index (χ0v) is 12.1. The summed E-state index contributed by atoms with van der Waals surface area (Å²) in [7, 11) is 0. The van der Waals surface area contributed by atoms with Crippen molar-refractivity contribution in [1.82, 2.24) is 4.98 Å². The molecule has 0 spiro atoms. The number of aromatic nitrogens is 1. The molecule has 6 nitrogen and oxygen atoms in total. The Balaban J connectivity index is 1.84. The van der Waals surface area contributed by atoms with Gasteiger partial charge in [-0.2, -0.15) is 0 Å². The molecule has 2 amide bonds. The number of rotatable bonds is 3. The van der Waals surface area contributed by atoms with Crippen LogP contribution in [0.25, 0.3) is 0 Å². The average Bonchev–Trinajstić information content (AvgIpc) is 2.90. The summed E-state index contributed by atoms with van der Waals surface area (Å²) in [5.41, 5.74) is 7.34. The van der Waals surface area contributed by atoms with Gasteiger partial charge in [-0.3, -0.25) is 14.6 Å². The lowest BCUT2D eigenvalue weighted by molar-refractivity contribution is -0.116. The zero-order valence-electron chi connectivity index (χ0n) is 12.1. The molecule has 2 aromatic rings. The van der Waals surface area contributed by atoms with Crippen LogP contribution in [0.5, 0.6) is 11.5 Å². The van der Waals surface area contributed by atoms with Gasteiger partial charge in [0.25, 0.3) is 5.91 Å². The summed E-state index contributed by atoms with van der Waals surface area (Å²) >= 11 is 0. The third kappa shape index (κ3) is 2.63. The Morgan fingerprint density at radius 3 is 2.73 bits per heavy atom. The molecule has 0 saturated carbocycles. The van der Waals surface area contributed by atoms with Crippen LogP contribution < -0.4 is 15.4 Å². The highest BCUT2D eigenvalue weighted by Gasteiger charge is 2.22. The maximum atomic E-state index is 11.5. The van der Waals surface area contributed by atoms with Crippen molar-refractivity contribution in [2.24, 2.45) is 5.73 Å². The van der Waals surface area contributed by atoms with Crippen molar-refractivity contribution in [3.8, 4) is 11.5 Å². The fraction of sp³-hybridized carbons (Fsp3) is 0.188. The first-order valence-electron chi connectivity index (χ1n) is 6.89. The van der Waals surface area contributed by atoms with E-state index in [1.807, 2.05) is 12.1 Å². The average molecular weight is 297 g/mol. The topological polar surface area (TPSA) is 85.5 Å². The van der Waals surface area contributed by atoms with E-state index in [1.165, 1.54) is 12.3 Å². The summed E-state index contributed by atoms with van der Waals surface area (Å²) in [6.07, 6.45) is 2.27. The summed E-state index contributed by atoms with van der Waals surface area (Å²) in [6, 6.07) is 8.72. The molecule has 1 aliphatic heterocycles. The fourth-order valence-electron chi connectivity index (χ4n) is 2.51. The summed E-state index contributed by atoms with van der Waals surface area (Å²) in [6.45, 7) is 2.25. The minimum atomic E-state index is -0.600. The number of hydrogen-bond acceptors (Lipinski definition) is 4. The number of hydrogen-bond donors (Lipinski definition) is 1. The van der Waals surface area contributed by atoms with Gasteiger partial charge < -0.3 is 15.4 Å². The van der Waals surface area contributed by atoms with Gasteiger partial charge in [0.15, 0.2) is 0 Å². The van der Waals surface area contributed by atoms with E-state index < -0.39 is 5.91 Å². The molecule has 22 heavy (non-hydrogen) atoms. The summed E-state index contributed by atoms with van der Waals surface area (Å²) in [5, 5.41) is 0. The van der Waals surface area contributed by atoms with Gasteiger partial charge in [0.2, 0.25) is 5.91 Å². The number of pyridine rings is 1. The molecule has 3 rings (SSSR count). The van der Waals surface area contributed by atoms with Crippen LogP contribution in [0.1, 0.15) is 23.0 Å². The van der Waals surface area contributed by atoms with Gasteiger partial charge in [-0.25, -0.2) is 0 Å². The molecule has 0 unspecified atom stereocenters. The lowest BCUT2D eigenvalue weighted by atomic mass is 10.1. The molecule has 0 fully saturated rings. The number of nitrogens with two attached hydrogens (primary N) is 1. The van der Waals surface area contributed by atoms with E-state index in [2.05, 4.69) is 4.98 Å². The van der Waals surface area contributed by atoms with Crippen molar-refractivity contribution >= 4 is 17.5 Å². The second kappa shape index (κ2) is 5.48. The quantitative estimate of drug-likeness (QED) is 0.937. The smallest absolute Gasteiger partial charge is 0.267 e. The lowest BCUT2D eigenvalue weighted by Crippen LogP contribution is -2.25. The number of fused-ring (bicyclic) bond motifs is 1. The van der Waals surface area contributed by atoms with Crippen molar-refractivity contribution in [3.63, 3.8) is 0 Å². The van der Waals surface area contributed by atoms with Crippen molar-refractivity contribution in [2.45, 2.75) is 13.3 Å². The van der Waals surface area contributed by atoms with Crippen molar-refractivity contribution in [2.75, 3.05) is 11.4 Å². The summed E-state index contributed by atoms with van der Waals surface area (Å²) in [4.78, 5) is 28.3. The molecule has 112 valence electrons. The van der Waals surface area contributed by atoms with E-state index in [0.29, 0.717) is 18.0 Å². The highest BCUT2D eigenvalue weighted by atomic mass is 16.5. The third-order valence-electron chi connectivity index (χ3n) is 3.55. The standard InChI is InChI=1S/C16H15N3O3/c1-10(20)19-7-5-11-8-12(2-3-15(11)19)22-13-4-6-18-14(9-13)16(17)21/h2-4,6,8-9H,5,7H2,1H3,(H2,17,21). The van der Waals surface area contributed by atoms with Gasteiger partial charge in [-0.15, -0.1) is 0 Å². The highest BCUT2D eigenvalue weighted by Crippen LogP contribution is 2.33. The molecule has 2 heterocycles. The monoisotopic (exact) mass is 297 g/mol. The predicted octanol–water partition coefficient (Wildman–Crippen LogP) is 1.88. The molecular formula is C16H15N3O3. The van der Waals surface area contributed by atoms with Crippen LogP contribution >= 0.6 is 0 Å². The Kier molecular flexibility index (Phi) is 3.50. The minimum absolute atomic E-state index is 0.0349. The first kappa shape index (κ1) is 14.1. The summed E-state index contributed by atoms with van der Waals surface area (Å²) < 4.78 is 5.74. The van der Waals surface area contributed by atoms with E-state index in [0.717, 1.165) is 17.7 Å². The van der Waals surface area contributed by atoms with E-state index in [9.17, 15) is 9.59 Å². The van der Waals surface area contributed by atoms with Crippen LogP contribution in [-0.2, 0) is 11.2 Å². The number of anilines is 1. The molecule has 2 N–H and O–H groups in total. The Hall–Kier alpha value is -2.89. The Morgan fingerprint density at radius 2 is 2.00 bits per heavy atom. The third-order valence-corrected chi connectivity index (χ3v) is 3.55. The predicted molar refractivity (Wildman–Crippen MR) is 81.0 cm³/mol. The number of primary amides is 1. The van der Waals surface area contributed by atoms with Gasteiger partial charge in [-0.05, 0) is 36.2 Å². The minimum Gasteiger partial charge on any atom is -0.457 e. The van der Waals surface area contributed by atoms with Crippen LogP contribution in [0.3, 0.4) is 0 Å².